The van der Waals surface area contributed by atoms with Gasteiger partial charge in [0, 0.05) is 23.0 Å². The van der Waals surface area contributed by atoms with E-state index in [4.69, 9.17) is 9.15 Å². The molecule has 0 saturated carbocycles. The summed E-state index contributed by atoms with van der Waals surface area (Å²) in [5.74, 6) is -0.778. The summed E-state index contributed by atoms with van der Waals surface area (Å²) >= 11 is 0. The number of oxazole rings is 1. The molecule has 3 N–H and O–H groups in total. The van der Waals surface area contributed by atoms with Crippen LogP contribution in [0.25, 0.3) is 11.3 Å². The molecule has 0 radical (unpaired) electrons. The highest BCUT2D eigenvalue weighted by Gasteiger charge is 2.25. The zero-order valence-electron chi connectivity index (χ0n) is 20.0. The van der Waals surface area contributed by atoms with E-state index in [1.54, 1.807) is 49.5 Å². The summed E-state index contributed by atoms with van der Waals surface area (Å²) in [6.07, 6.45) is 6.45. The first-order valence-corrected chi connectivity index (χ1v) is 10.9. The van der Waals surface area contributed by atoms with Crippen LogP contribution in [0.4, 0.5) is 11.4 Å². The second-order valence-electron chi connectivity index (χ2n) is 8.44. The van der Waals surface area contributed by atoms with Gasteiger partial charge in [0.15, 0.2) is 12.2 Å². The van der Waals surface area contributed by atoms with Crippen molar-refractivity contribution in [3.05, 3.63) is 72.8 Å². The van der Waals surface area contributed by atoms with E-state index in [2.05, 4.69) is 20.9 Å². The fourth-order valence-corrected chi connectivity index (χ4v) is 3.47. The molecule has 3 rings (SSSR count). The summed E-state index contributed by atoms with van der Waals surface area (Å²) in [5, 5.41) is 8.11. The van der Waals surface area contributed by atoms with Gasteiger partial charge < -0.3 is 25.1 Å². The lowest BCUT2D eigenvalue weighted by Gasteiger charge is -2.26. The number of hydrogen-bond acceptors (Lipinski definition) is 6. The van der Waals surface area contributed by atoms with Crippen LogP contribution in [0, 0.1) is 0 Å². The highest BCUT2D eigenvalue weighted by atomic mass is 16.5. The second-order valence-corrected chi connectivity index (χ2v) is 8.44. The van der Waals surface area contributed by atoms with E-state index in [0.717, 1.165) is 5.56 Å². The van der Waals surface area contributed by atoms with Gasteiger partial charge >= 0.3 is 11.8 Å². The predicted molar refractivity (Wildman–Crippen MR) is 133 cm³/mol. The maximum atomic E-state index is 12.6. The van der Waals surface area contributed by atoms with Crippen LogP contribution in [-0.2, 0) is 20.8 Å². The standard InChI is InChI=1S/C26H28N4O5/c1-5-6-23(31)28-18-9-7-17(8-10-18)14-26(2,3)30-25(33)24(32)29-19-11-12-20(21(13-19)34-4)22-15-27-16-35-22/h5-13,15-16H,14H2,1-4H3,(H,28,31)(H,29,32)(H,30,33). The van der Waals surface area contributed by atoms with Gasteiger partial charge in [-0.05, 0) is 63.1 Å². The van der Waals surface area contributed by atoms with E-state index in [1.807, 2.05) is 26.0 Å². The lowest BCUT2D eigenvalue weighted by Crippen LogP contribution is -2.49. The van der Waals surface area contributed by atoms with Gasteiger partial charge in [0.25, 0.3) is 0 Å². The van der Waals surface area contributed by atoms with Crippen molar-refractivity contribution in [1.29, 1.82) is 0 Å². The summed E-state index contributed by atoms with van der Waals surface area (Å²) in [4.78, 5) is 40.6. The lowest BCUT2D eigenvalue weighted by molar-refractivity contribution is -0.137. The number of nitrogens with zero attached hydrogens (tertiary/aromatic N) is 1. The van der Waals surface area contributed by atoms with Gasteiger partial charge in [-0.25, -0.2) is 4.98 Å². The zero-order valence-corrected chi connectivity index (χ0v) is 20.0. The minimum absolute atomic E-state index is 0.205. The average Bonchev–Trinajstić information content (AvgIpc) is 3.34. The Balaban J connectivity index is 1.59. The zero-order chi connectivity index (χ0) is 25.4. The van der Waals surface area contributed by atoms with E-state index in [-0.39, 0.29) is 5.91 Å². The number of rotatable bonds is 8. The highest BCUT2D eigenvalue weighted by molar-refractivity contribution is 6.39. The number of aromatic nitrogens is 1. The van der Waals surface area contributed by atoms with Gasteiger partial charge in [-0.15, -0.1) is 0 Å². The molecule has 0 bridgehead atoms. The number of anilines is 2. The molecule has 2 aromatic carbocycles. The number of carbonyl (C=O) groups is 3. The number of benzene rings is 2. The maximum Gasteiger partial charge on any atom is 0.313 e. The third-order valence-electron chi connectivity index (χ3n) is 5.00. The van der Waals surface area contributed by atoms with Crippen molar-refractivity contribution in [2.24, 2.45) is 0 Å². The Kier molecular flexibility index (Phi) is 8.04. The van der Waals surface area contributed by atoms with Crippen molar-refractivity contribution in [3.63, 3.8) is 0 Å². The van der Waals surface area contributed by atoms with Gasteiger partial charge in [-0.3, -0.25) is 14.4 Å². The fourth-order valence-electron chi connectivity index (χ4n) is 3.47. The summed E-state index contributed by atoms with van der Waals surface area (Å²) < 4.78 is 10.7. The molecule has 182 valence electrons. The van der Waals surface area contributed by atoms with Gasteiger partial charge in [0.05, 0.1) is 18.9 Å². The van der Waals surface area contributed by atoms with E-state index in [9.17, 15) is 14.4 Å². The molecule has 0 aliphatic heterocycles. The number of carbonyl (C=O) groups excluding carboxylic acids is 3. The molecule has 1 aromatic heterocycles. The quantitative estimate of drug-likeness (QED) is 0.334. The van der Waals surface area contributed by atoms with Crippen LogP contribution in [0.5, 0.6) is 5.75 Å². The van der Waals surface area contributed by atoms with Gasteiger partial charge in [-0.2, -0.15) is 0 Å². The van der Waals surface area contributed by atoms with E-state index in [1.165, 1.54) is 19.6 Å². The normalized spacial score (nSPS) is 11.2. The Morgan fingerprint density at radius 3 is 2.37 bits per heavy atom. The summed E-state index contributed by atoms with van der Waals surface area (Å²) in [6.45, 7) is 5.43. The van der Waals surface area contributed by atoms with Crippen LogP contribution in [0.2, 0.25) is 0 Å². The van der Waals surface area contributed by atoms with Gasteiger partial charge in [-0.1, -0.05) is 18.2 Å². The number of amides is 3. The summed E-state index contributed by atoms with van der Waals surface area (Å²) in [7, 11) is 1.50. The Labute approximate surface area is 203 Å². The highest BCUT2D eigenvalue weighted by Crippen LogP contribution is 2.32. The largest absolute Gasteiger partial charge is 0.496 e. The van der Waals surface area contributed by atoms with Crippen LogP contribution in [-0.4, -0.2) is 35.4 Å². The summed E-state index contributed by atoms with van der Waals surface area (Å²) in [6, 6.07) is 12.3. The van der Waals surface area contributed by atoms with Crippen LogP contribution in [0.3, 0.4) is 0 Å². The number of methoxy groups -OCH3 is 1. The van der Waals surface area contributed by atoms with E-state index in [0.29, 0.717) is 34.9 Å². The van der Waals surface area contributed by atoms with Crippen LogP contribution in [0.15, 0.2) is 71.6 Å². The molecular weight excluding hydrogens is 448 g/mol. The lowest BCUT2D eigenvalue weighted by atomic mass is 9.94. The minimum Gasteiger partial charge on any atom is -0.496 e. The molecule has 0 unspecified atom stereocenters. The van der Waals surface area contributed by atoms with Crippen molar-refractivity contribution in [2.75, 3.05) is 17.7 Å². The third-order valence-corrected chi connectivity index (χ3v) is 5.00. The molecule has 0 aliphatic rings. The number of ether oxygens (including phenoxy) is 1. The van der Waals surface area contributed by atoms with Crippen LogP contribution >= 0.6 is 0 Å². The number of nitrogens with one attached hydrogen (secondary N) is 3. The fraction of sp³-hybridized carbons (Fsp3) is 0.231. The first-order chi connectivity index (χ1) is 16.7. The number of hydrogen-bond donors (Lipinski definition) is 3. The van der Waals surface area contributed by atoms with Crippen molar-refractivity contribution in [2.45, 2.75) is 32.7 Å². The molecule has 9 heteroatoms. The molecular formula is C26H28N4O5. The Bertz CT molecular complexity index is 1220. The molecule has 3 aromatic rings. The molecule has 35 heavy (non-hydrogen) atoms. The smallest absolute Gasteiger partial charge is 0.313 e. The van der Waals surface area contributed by atoms with E-state index >= 15 is 0 Å². The van der Waals surface area contributed by atoms with Crippen molar-refractivity contribution < 1.29 is 23.5 Å². The maximum absolute atomic E-state index is 12.6. The van der Waals surface area contributed by atoms with Crippen molar-refractivity contribution in [1.82, 2.24) is 10.3 Å². The van der Waals surface area contributed by atoms with Gasteiger partial charge in [0.1, 0.15) is 5.75 Å². The molecule has 0 fully saturated rings. The van der Waals surface area contributed by atoms with Crippen molar-refractivity contribution >= 4 is 29.1 Å². The van der Waals surface area contributed by atoms with Crippen LogP contribution < -0.4 is 20.7 Å². The summed E-state index contributed by atoms with van der Waals surface area (Å²) in [5.41, 5.74) is 1.98. The molecule has 0 saturated heterocycles. The van der Waals surface area contributed by atoms with Gasteiger partial charge in [0.2, 0.25) is 5.91 Å². The van der Waals surface area contributed by atoms with Crippen molar-refractivity contribution in [3.8, 4) is 17.1 Å². The minimum atomic E-state index is -0.797. The number of allylic oxidation sites excluding steroid dienone is 1. The first kappa shape index (κ1) is 25.2. The molecule has 0 aliphatic carbocycles. The Hall–Kier alpha value is -4.40. The molecule has 0 spiro atoms. The predicted octanol–water partition coefficient (Wildman–Crippen LogP) is 3.94. The van der Waals surface area contributed by atoms with E-state index < -0.39 is 17.4 Å². The monoisotopic (exact) mass is 476 g/mol. The Morgan fingerprint density at radius 2 is 1.74 bits per heavy atom. The topological polar surface area (TPSA) is 123 Å². The SMILES string of the molecule is CC=CC(=O)Nc1ccc(CC(C)(C)NC(=O)C(=O)Nc2ccc(-c3cnco3)c(OC)c2)cc1. The molecule has 0 atom stereocenters. The molecule has 9 nitrogen and oxygen atoms in total. The second kappa shape index (κ2) is 11.1. The molecule has 3 amide bonds. The first-order valence-electron chi connectivity index (χ1n) is 10.9. The van der Waals surface area contributed by atoms with Crippen LogP contribution in [0.1, 0.15) is 26.3 Å². The average molecular weight is 477 g/mol. The third kappa shape index (κ3) is 7.04. The Morgan fingerprint density at radius 1 is 1.03 bits per heavy atom. The molecule has 1 heterocycles.